The molecule has 0 unspecified atom stereocenters. The monoisotopic (exact) mass is 157 g/mol. The lowest BCUT2D eigenvalue weighted by Crippen LogP contribution is -1.84. The standard InChI is InChI=1S/C12H13/c1-3-5-6-12-9-7-11(4-2)8-10-12/h7-10H,3,5-6H2,1H3. The molecule has 0 N–H and O–H groups in total. The van der Waals surface area contributed by atoms with E-state index >= 15 is 0 Å². The van der Waals surface area contributed by atoms with E-state index < -0.39 is 0 Å². The average molecular weight is 157 g/mol. The zero-order valence-corrected chi connectivity index (χ0v) is 7.43. The molecule has 0 bridgehead atoms. The fourth-order valence-corrected chi connectivity index (χ4v) is 1.14. The van der Waals surface area contributed by atoms with Crippen molar-refractivity contribution in [2.45, 2.75) is 26.2 Å². The van der Waals surface area contributed by atoms with Gasteiger partial charge in [-0.05, 0) is 37.0 Å². The number of hydrogen-bond acceptors (Lipinski definition) is 0. The lowest BCUT2D eigenvalue weighted by atomic mass is 10.1. The van der Waals surface area contributed by atoms with Crippen molar-refractivity contribution in [2.24, 2.45) is 0 Å². The summed E-state index contributed by atoms with van der Waals surface area (Å²) in [4.78, 5) is 0. The van der Waals surface area contributed by atoms with E-state index in [4.69, 9.17) is 6.42 Å². The van der Waals surface area contributed by atoms with Crippen molar-refractivity contribution >= 4 is 0 Å². The van der Waals surface area contributed by atoms with Crippen molar-refractivity contribution in [3.63, 3.8) is 0 Å². The van der Waals surface area contributed by atoms with Gasteiger partial charge in [0.05, 0.1) is 0 Å². The maximum atomic E-state index is 6.90. The molecule has 12 heavy (non-hydrogen) atoms. The van der Waals surface area contributed by atoms with Gasteiger partial charge in [0.15, 0.2) is 0 Å². The van der Waals surface area contributed by atoms with E-state index in [1.807, 2.05) is 12.1 Å². The molecule has 0 aliphatic rings. The van der Waals surface area contributed by atoms with Crippen molar-refractivity contribution in [3.8, 4) is 5.92 Å². The maximum Gasteiger partial charge on any atom is 0.0255 e. The van der Waals surface area contributed by atoms with Gasteiger partial charge in [0.1, 0.15) is 0 Å². The van der Waals surface area contributed by atoms with Crippen molar-refractivity contribution in [1.82, 2.24) is 0 Å². The van der Waals surface area contributed by atoms with Gasteiger partial charge in [-0.2, -0.15) is 0 Å². The molecule has 0 heteroatoms. The van der Waals surface area contributed by atoms with Gasteiger partial charge in [-0.1, -0.05) is 31.4 Å². The second kappa shape index (κ2) is 4.62. The van der Waals surface area contributed by atoms with Gasteiger partial charge in [-0.3, -0.25) is 0 Å². The van der Waals surface area contributed by atoms with Crippen LogP contribution in [0.15, 0.2) is 24.3 Å². The van der Waals surface area contributed by atoms with Crippen LogP contribution < -0.4 is 0 Å². The highest BCUT2D eigenvalue weighted by molar-refractivity contribution is 5.32. The Hall–Kier alpha value is -1.22. The predicted molar refractivity (Wildman–Crippen MR) is 51.3 cm³/mol. The summed E-state index contributed by atoms with van der Waals surface area (Å²) >= 11 is 0. The summed E-state index contributed by atoms with van der Waals surface area (Å²) in [7, 11) is 0. The zero-order valence-electron chi connectivity index (χ0n) is 7.43. The molecular formula is C12H13. The fourth-order valence-electron chi connectivity index (χ4n) is 1.14. The number of hydrogen-bond donors (Lipinski definition) is 0. The highest BCUT2D eigenvalue weighted by Crippen LogP contribution is 2.06. The van der Waals surface area contributed by atoms with Gasteiger partial charge in [0.2, 0.25) is 0 Å². The Kier molecular flexibility index (Phi) is 3.41. The van der Waals surface area contributed by atoms with E-state index in [0.29, 0.717) is 0 Å². The van der Waals surface area contributed by atoms with E-state index in [-0.39, 0.29) is 0 Å². The second-order valence-corrected chi connectivity index (χ2v) is 2.93. The lowest BCUT2D eigenvalue weighted by molar-refractivity contribution is 0.795. The first-order valence-electron chi connectivity index (χ1n) is 4.38. The summed E-state index contributed by atoms with van der Waals surface area (Å²) < 4.78 is 0. The third-order valence-corrected chi connectivity index (χ3v) is 1.92. The van der Waals surface area contributed by atoms with Gasteiger partial charge in [0, 0.05) is 5.56 Å². The highest BCUT2D eigenvalue weighted by atomic mass is 14.0. The minimum atomic E-state index is 0.857. The van der Waals surface area contributed by atoms with Crippen molar-refractivity contribution in [1.29, 1.82) is 0 Å². The molecule has 1 aromatic carbocycles. The Morgan fingerprint density at radius 1 is 1.25 bits per heavy atom. The van der Waals surface area contributed by atoms with Crippen LogP contribution in [0.5, 0.6) is 0 Å². The third kappa shape index (κ3) is 2.43. The predicted octanol–water partition coefficient (Wildman–Crippen LogP) is 2.97. The summed E-state index contributed by atoms with van der Waals surface area (Å²) in [6, 6.07) is 8.04. The molecule has 0 atom stereocenters. The topological polar surface area (TPSA) is 0 Å². The molecule has 0 saturated carbocycles. The molecule has 0 nitrogen and oxygen atoms in total. The summed E-state index contributed by atoms with van der Waals surface area (Å²) in [5.74, 6) is 2.36. The van der Waals surface area contributed by atoms with Gasteiger partial charge in [-0.25, -0.2) is 0 Å². The highest BCUT2D eigenvalue weighted by Gasteiger charge is 1.91. The molecule has 1 aromatic rings. The van der Waals surface area contributed by atoms with Crippen LogP contribution in [-0.2, 0) is 6.42 Å². The van der Waals surface area contributed by atoms with E-state index in [0.717, 1.165) is 12.0 Å². The quantitative estimate of drug-likeness (QED) is 0.592. The molecule has 0 heterocycles. The first-order chi connectivity index (χ1) is 5.86. The summed E-state index contributed by atoms with van der Waals surface area (Å²) in [6.07, 6.45) is 10.5. The Morgan fingerprint density at radius 3 is 2.42 bits per heavy atom. The minimum absolute atomic E-state index is 0.857. The zero-order chi connectivity index (χ0) is 8.81. The maximum absolute atomic E-state index is 6.90. The molecule has 0 spiro atoms. The van der Waals surface area contributed by atoms with Gasteiger partial charge >= 0.3 is 0 Å². The SMILES string of the molecule is [C]#Cc1ccc(CCCC)cc1. The van der Waals surface area contributed by atoms with Crippen LogP contribution in [0.25, 0.3) is 0 Å². The van der Waals surface area contributed by atoms with Crippen LogP contribution in [0.4, 0.5) is 0 Å². The molecule has 1 radical (unpaired) electrons. The number of benzene rings is 1. The Morgan fingerprint density at radius 2 is 1.92 bits per heavy atom. The third-order valence-electron chi connectivity index (χ3n) is 1.92. The van der Waals surface area contributed by atoms with Crippen molar-refractivity contribution < 1.29 is 0 Å². The van der Waals surface area contributed by atoms with E-state index in [1.165, 1.54) is 18.4 Å². The molecule has 0 fully saturated rings. The summed E-state index contributed by atoms with van der Waals surface area (Å²) in [6.45, 7) is 2.19. The average Bonchev–Trinajstić information content (AvgIpc) is 2.15. The van der Waals surface area contributed by atoms with E-state index in [1.54, 1.807) is 0 Å². The van der Waals surface area contributed by atoms with Crippen LogP contribution >= 0.6 is 0 Å². The van der Waals surface area contributed by atoms with Gasteiger partial charge in [-0.15, -0.1) is 0 Å². The van der Waals surface area contributed by atoms with Crippen LogP contribution in [0.1, 0.15) is 30.9 Å². The first kappa shape index (κ1) is 8.87. The number of aryl methyl sites for hydroxylation is 1. The van der Waals surface area contributed by atoms with E-state index in [2.05, 4.69) is 25.0 Å². The fraction of sp³-hybridized carbons (Fsp3) is 0.333. The second-order valence-electron chi connectivity index (χ2n) is 2.93. The van der Waals surface area contributed by atoms with E-state index in [9.17, 15) is 0 Å². The van der Waals surface area contributed by atoms with Gasteiger partial charge in [0.25, 0.3) is 0 Å². The molecule has 1 rings (SSSR count). The minimum Gasteiger partial charge on any atom is -0.0654 e. The van der Waals surface area contributed by atoms with Crippen LogP contribution in [0.3, 0.4) is 0 Å². The Bertz CT molecular complexity index is 261. The molecule has 0 saturated heterocycles. The van der Waals surface area contributed by atoms with Crippen LogP contribution in [0.2, 0.25) is 0 Å². The first-order valence-corrected chi connectivity index (χ1v) is 4.38. The van der Waals surface area contributed by atoms with Crippen LogP contribution in [-0.4, -0.2) is 0 Å². The van der Waals surface area contributed by atoms with Crippen molar-refractivity contribution in [2.75, 3.05) is 0 Å². The number of unbranched alkanes of at least 4 members (excludes halogenated alkanes) is 1. The summed E-state index contributed by atoms with van der Waals surface area (Å²) in [5, 5.41) is 0. The molecular weight excluding hydrogens is 144 g/mol. The Balaban J connectivity index is 2.60. The molecule has 61 valence electrons. The molecule has 0 aliphatic heterocycles. The molecule has 0 aromatic heterocycles. The molecule has 0 amide bonds. The smallest absolute Gasteiger partial charge is 0.0255 e. The molecule has 0 aliphatic carbocycles. The van der Waals surface area contributed by atoms with Crippen molar-refractivity contribution in [3.05, 3.63) is 41.8 Å². The largest absolute Gasteiger partial charge is 0.0654 e. The normalized spacial score (nSPS) is 9.33. The number of rotatable bonds is 3. The lowest BCUT2D eigenvalue weighted by Gasteiger charge is -1.98. The van der Waals surface area contributed by atoms with Gasteiger partial charge < -0.3 is 0 Å². The summed E-state index contributed by atoms with van der Waals surface area (Å²) in [5.41, 5.74) is 2.21. The van der Waals surface area contributed by atoms with Crippen LogP contribution in [0, 0.1) is 12.3 Å². The Labute approximate surface area is 74.6 Å².